The Morgan fingerprint density at radius 3 is 2.82 bits per heavy atom. The number of benzene rings is 1. The van der Waals surface area contributed by atoms with Crippen LogP contribution in [0.5, 0.6) is 0 Å². The normalized spacial score (nSPS) is 30.4. The molecule has 3 heteroatoms. The SMILES string of the molecule is OC(Cc1ccccc1)C1OCCC2CCN21. The van der Waals surface area contributed by atoms with Crippen molar-refractivity contribution in [3.63, 3.8) is 0 Å². The maximum absolute atomic E-state index is 10.3. The summed E-state index contributed by atoms with van der Waals surface area (Å²) < 4.78 is 5.72. The van der Waals surface area contributed by atoms with Gasteiger partial charge in [0, 0.05) is 19.0 Å². The summed E-state index contributed by atoms with van der Waals surface area (Å²) in [6, 6.07) is 10.8. The second-order valence-corrected chi connectivity index (χ2v) is 4.99. The van der Waals surface area contributed by atoms with Gasteiger partial charge < -0.3 is 9.84 Å². The average Bonchev–Trinajstić information content (AvgIpc) is 2.31. The molecule has 2 saturated heterocycles. The summed E-state index contributed by atoms with van der Waals surface area (Å²) >= 11 is 0. The van der Waals surface area contributed by atoms with E-state index in [1.807, 2.05) is 18.2 Å². The summed E-state index contributed by atoms with van der Waals surface area (Å²) in [7, 11) is 0. The molecule has 92 valence electrons. The summed E-state index contributed by atoms with van der Waals surface area (Å²) in [6.07, 6.45) is 2.55. The maximum Gasteiger partial charge on any atom is 0.137 e. The molecule has 0 spiro atoms. The van der Waals surface area contributed by atoms with E-state index in [0.717, 1.165) is 19.6 Å². The van der Waals surface area contributed by atoms with Crippen LogP contribution >= 0.6 is 0 Å². The van der Waals surface area contributed by atoms with Gasteiger partial charge >= 0.3 is 0 Å². The Morgan fingerprint density at radius 2 is 2.12 bits per heavy atom. The Balaban J connectivity index is 1.63. The monoisotopic (exact) mass is 233 g/mol. The first-order chi connectivity index (χ1) is 8.34. The maximum atomic E-state index is 10.3. The van der Waals surface area contributed by atoms with Crippen LogP contribution in [0.25, 0.3) is 0 Å². The summed E-state index contributed by atoms with van der Waals surface area (Å²) in [4.78, 5) is 2.30. The summed E-state index contributed by atoms with van der Waals surface area (Å²) in [5.41, 5.74) is 1.17. The number of aliphatic hydroxyl groups excluding tert-OH is 1. The number of nitrogens with zero attached hydrogens (tertiary/aromatic N) is 1. The summed E-state index contributed by atoms with van der Waals surface area (Å²) in [5.74, 6) is 0. The zero-order valence-corrected chi connectivity index (χ0v) is 9.96. The van der Waals surface area contributed by atoms with Crippen molar-refractivity contribution < 1.29 is 9.84 Å². The van der Waals surface area contributed by atoms with Gasteiger partial charge in [0.2, 0.25) is 0 Å². The number of fused-ring (bicyclic) bond motifs is 1. The third kappa shape index (κ3) is 2.23. The Kier molecular flexibility index (Phi) is 3.14. The van der Waals surface area contributed by atoms with Gasteiger partial charge in [0.1, 0.15) is 6.23 Å². The van der Waals surface area contributed by atoms with E-state index in [1.165, 1.54) is 12.0 Å². The van der Waals surface area contributed by atoms with Gasteiger partial charge in [-0.1, -0.05) is 30.3 Å². The second-order valence-electron chi connectivity index (χ2n) is 4.99. The van der Waals surface area contributed by atoms with E-state index < -0.39 is 6.10 Å². The van der Waals surface area contributed by atoms with Crippen LogP contribution in [-0.2, 0) is 11.2 Å². The van der Waals surface area contributed by atoms with Crippen LogP contribution in [0.2, 0.25) is 0 Å². The van der Waals surface area contributed by atoms with Gasteiger partial charge in [-0.15, -0.1) is 0 Å². The van der Waals surface area contributed by atoms with Gasteiger partial charge in [0.05, 0.1) is 12.7 Å². The second kappa shape index (κ2) is 4.77. The van der Waals surface area contributed by atoms with Crippen LogP contribution in [-0.4, -0.2) is 41.5 Å². The molecular weight excluding hydrogens is 214 g/mol. The minimum atomic E-state index is -0.416. The van der Waals surface area contributed by atoms with Gasteiger partial charge in [0.15, 0.2) is 0 Å². The molecule has 0 aromatic heterocycles. The van der Waals surface area contributed by atoms with E-state index in [-0.39, 0.29) is 6.23 Å². The van der Waals surface area contributed by atoms with E-state index >= 15 is 0 Å². The number of rotatable bonds is 3. The minimum absolute atomic E-state index is 0.0947. The summed E-state index contributed by atoms with van der Waals surface area (Å²) in [5, 5.41) is 10.3. The molecule has 0 bridgehead atoms. The molecule has 0 radical (unpaired) electrons. The predicted octanol–water partition coefficient (Wildman–Crippen LogP) is 1.41. The van der Waals surface area contributed by atoms with Crippen LogP contribution in [0.1, 0.15) is 18.4 Å². The Hall–Kier alpha value is -0.900. The standard InChI is InChI=1S/C14H19NO2/c16-13(10-11-4-2-1-3-5-11)14-15-8-6-12(15)7-9-17-14/h1-5,12-14,16H,6-10H2. The number of hydrogen-bond donors (Lipinski definition) is 1. The molecule has 0 aliphatic carbocycles. The summed E-state index contributed by atoms with van der Waals surface area (Å²) in [6.45, 7) is 1.86. The van der Waals surface area contributed by atoms with Crippen LogP contribution < -0.4 is 0 Å². The lowest BCUT2D eigenvalue weighted by atomic mass is 9.95. The first-order valence-electron chi connectivity index (χ1n) is 6.44. The van der Waals surface area contributed by atoms with Gasteiger partial charge in [-0.3, -0.25) is 4.90 Å². The number of hydrogen-bond acceptors (Lipinski definition) is 3. The van der Waals surface area contributed by atoms with Crippen molar-refractivity contribution in [3.05, 3.63) is 35.9 Å². The zero-order valence-electron chi connectivity index (χ0n) is 9.96. The molecule has 2 aliphatic rings. The molecule has 17 heavy (non-hydrogen) atoms. The van der Waals surface area contributed by atoms with Crippen molar-refractivity contribution in [2.24, 2.45) is 0 Å². The first-order valence-corrected chi connectivity index (χ1v) is 6.44. The highest BCUT2D eigenvalue weighted by atomic mass is 16.5. The molecule has 3 atom stereocenters. The fourth-order valence-electron chi connectivity index (χ4n) is 2.81. The highest BCUT2D eigenvalue weighted by Crippen LogP contribution is 2.30. The number of aliphatic hydroxyl groups is 1. The largest absolute Gasteiger partial charge is 0.389 e. The molecule has 1 aromatic carbocycles. The molecule has 3 unspecified atom stereocenters. The van der Waals surface area contributed by atoms with Crippen molar-refractivity contribution in [1.29, 1.82) is 0 Å². The molecule has 1 aromatic rings. The Labute approximate surface area is 102 Å². The third-order valence-electron chi connectivity index (χ3n) is 3.87. The van der Waals surface area contributed by atoms with Crippen molar-refractivity contribution >= 4 is 0 Å². The molecule has 3 rings (SSSR count). The van der Waals surface area contributed by atoms with Gasteiger partial charge in [-0.2, -0.15) is 0 Å². The van der Waals surface area contributed by atoms with Crippen molar-refractivity contribution in [1.82, 2.24) is 4.90 Å². The lowest BCUT2D eigenvalue weighted by Crippen LogP contribution is -2.61. The molecule has 2 aliphatic heterocycles. The van der Waals surface area contributed by atoms with Crippen LogP contribution in [0.4, 0.5) is 0 Å². The van der Waals surface area contributed by atoms with E-state index in [9.17, 15) is 5.11 Å². The smallest absolute Gasteiger partial charge is 0.137 e. The fraction of sp³-hybridized carbons (Fsp3) is 0.571. The number of ether oxygens (including phenoxy) is 1. The van der Waals surface area contributed by atoms with Gasteiger partial charge in [-0.05, 0) is 18.4 Å². The van der Waals surface area contributed by atoms with E-state index in [1.54, 1.807) is 0 Å². The van der Waals surface area contributed by atoms with Crippen molar-refractivity contribution in [3.8, 4) is 0 Å². The molecule has 0 amide bonds. The first kappa shape index (κ1) is 11.2. The van der Waals surface area contributed by atoms with E-state index in [2.05, 4.69) is 17.0 Å². The highest BCUT2D eigenvalue weighted by molar-refractivity contribution is 5.15. The average molecular weight is 233 g/mol. The van der Waals surface area contributed by atoms with Crippen molar-refractivity contribution in [2.75, 3.05) is 13.2 Å². The molecular formula is C14H19NO2. The molecule has 2 heterocycles. The molecule has 0 saturated carbocycles. The van der Waals surface area contributed by atoms with Crippen molar-refractivity contribution in [2.45, 2.75) is 37.6 Å². The quantitative estimate of drug-likeness (QED) is 0.857. The fourth-order valence-corrected chi connectivity index (χ4v) is 2.81. The minimum Gasteiger partial charge on any atom is -0.389 e. The third-order valence-corrected chi connectivity index (χ3v) is 3.87. The van der Waals surface area contributed by atoms with E-state index in [0.29, 0.717) is 12.5 Å². The molecule has 3 nitrogen and oxygen atoms in total. The van der Waals surface area contributed by atoms with Gasteiger partial charge in [-0.25, -0.2) is 0 Å². The van der Waals surface area contributed by atoms with Gasteiger partial charge in [0.25, 0.3) is 0 Å². The van der Waals surface area contributed by atoms with Crippen LogP contribution in [0.15, 0.2) is 30.3 Å². The molecule has 1 N–H and O–H groups in total. The Bertz CT molecular complexity index is 368. The zero-order chi connectivity index (χ0) is 11.7. The predicted molar refractivity (Wildman–Crippen MR) is 65.6 cm³/mol. The topological polar surface area (TPSA) is 32.7 Å². The molecule has 2 fully saturated rings. The Morgan fingerprint density at radius 1 is 1.29 bits per heavy atom. The lowest BCUT2D eigenvalue weighted by Gasteiger charge is -2.50. The van der Waals surface area contributed by atoms with E-state index in [4.69, 9.17) is 4.74 Å². The highest BCUT2D eigenvalue weighted by Gasteiger charge is 2.40. The van der Waals surface area contributed by atoms with Crippen LogP contribution in [0.3, 0.4) is 0 Å². The van der Waals surface area contributed by atoms with Crippen LogP contribution in [0, 0.1) is 0 Å². The lowest BCUT2D eigenvalue weighted by molar-refractivity contribution is -0.200.